The highest BCUT2D eigenvalue weighted by molar-refractivity contribution is 7.99. The van der Waals surface area contributed by atoms with Crippen molar-refractivity contribution in [3.05, 3.63) is 59.9 Å². The number of hydrogen-bond donors (Lipinski definition) is 2. The molecule has 2 fully saturated rings. The Morgan fingerprint density at radius 2 is 2.11 bits per heavy atom. The Bertz CT molecular complexity index is 848. The first-order valence-corrected chi connectivity index (χ1v) is 9.71. The quantitative estimate of drug-likeness (QED) is 0.770. The van der Waals surface area contributed by atoms with Crippen LogP contribution >= 0.6 is 11.9 Å². The minimum Gasteiger partial charge on any atom is -0.494 e. The Morgan fingerprint density at radius 1 is 1.22 bits per heavy atom. The SMILES string of the molecule is CCOc1cccc(CN2C(=O)NC3C(SNC3c3ccccn3)C2=O)c1. The van der Waals surface area contributed by atoms with Crippen molar-refractivity contribution in [2.45, 2.75) is 30.8 Å². The lowest BCUT2D eigenvalue weighted by Gasteiger charge is -2.34. The molecule has 2 saturated heterocycles. The first-order chi connectivity index (χ1) is 13.2. The maximum absolute atomic E-state index is 13.0. The summed E-state index contributed by atoms with van der Waals surface area (Å²) in [6, 6.07) is 12.2. The fourth-order valence-corrected chi connectivity index (χ4v) is 4.50. The highest BCUT2D eigenvalue weighted by Gasteiger charge is 2.49. The highest BCUT2D eigenvalue weighted by Crippen LogP contribution is 2.36. The van der Waals surface area contributed by atoms with Crippen LogP contribution in [-0.2, 0) is 11.3 Å². The number of hydrogen-bond acceptors (Lipinski definition) is 6. The van der Waals surface area contributed by atoms with Crippen molar-refractivity contribution in [1.29, 1.82) is 0 Å². The molecule has 0 saturated carbocycles. The van der Waals surface area contributed by atoms with E-state index >= 15 is 0 Å². The van der Waals surface area contributed by atoms with Gasteiger partial charge in [0.05, 0.1) is 30.9 Å². The summed E-state index contributed by atoms with van der Waals surface area (Å²) in [5.41, 5.74) is 1.66. The first-order valence-electron chi connectivity index (χ1n) is 8.83. The van der Waals surface area contributed by atoms with Gasteiger partial charge in [-0.15, -0.1) is 0 Å². The number of nitrogens with one attached hydrogen (secondary N) is 2. The largest absolute Gasteiger partial charge is 0.494 e. The van der Waals surface area contributed by atoms with Crippen LogP contribution in [0.2, 0.25) is 0 Å². The van der Waals surface area contributed by atoms with Gasteiger partial charge in [0.15, 0.2) is 0 Å². The Labute approximate surface area is 161 Å². The molecule has 3 unspecified atom stereocenters. The summed E-state index contributed by atoms with van der Waals surface area (Å²) < 4.78 is 8.74. The van der Waals surface area contributed by atoms with Crippen molar-refractivity contribution in [1.82, 2.24) is 19.9 Å². The second-order valence-electron chi connectivity index (χ2n) is 6.37. The zero-order valence-corrected chi connectivity index (χ0v) is 15.6. The van der Waals surface area contributed by atoms with Crippen LogP contribution in [-0.4, -0.2) is 39.7 Å². The molecular formula is C19H20N4O3S. The molecule has 0 radical (unpaired) electrons. The van der Waals surface area contributed by atoms with Crippen LogP contribution in [0.15, 0.2) is 48.7 Å². The number of benzene rings is 1. The van der Waals surface area contributed by atoms with E-state index in [1.165, 1.54) is 16.8 Å². The van der Waals surface area contributed by atoms with Gasteiger partial charge in [-0.2, -0.15) is 0 Å². The standard InChI is InChI=1S/C19H20N4O3S/c1-2-26-13-7-5-6-12(10-13)11-23-18(24)17-16(21-19(23)25)15(22-27-17)14-8-3-4-9-20-14/h3-10,15-17,22H,2,11H2,1H3,(H,21,25). The topological polar surface area (TPSA) is 83.6 Å². The van der Waals surface area contributed by atoms with Crippen molar-refractivity contribution in [2.75, 3.05) is 6.61 Å². The molecule has 0 aliphatic carbocycles. The minimum absolute atomic E-state index is 0.193. The molecule has 0 spiro atoms. The molecule has 1 aromatic heterocycles. The second kappa shape index (κ2) is 7.58. The van der Waals surface area contributed by atoms with Gasteiger partial charge in [-0.25, -0.2) is 4.79 Å². The lowest BCUT2D eigenvalue weighted by molar-refractivity contribution is -0.130. The lowest BCUT2D eigenvalue weighted by atomic mass is 9.99. The van der Waals surface area contributed by atoms with Gasteiger partial charge < -0.3 is 10.1 Å². The Balaban J connectivity index is 1.51. The number of nitrogens with zero attached hydrogens (tertiary/aromatic N) is 2. The Hall–Kier alpha value is -2.58. The van der Waals surface area contributed by atoms with Gasteiger partial charge in [0.25, 0.3) is 0 Å². The van der Waals surface area contributed by atoms with E-state index in [1.807, 2.05) is 49.4 Å². The molecule has 2 aliphatic heterocycles. The number of pyridine rings is 1. The number of imide groups is 1. The van der Waals surface area contributed by atoms with Crippen molar-refractivity contribution in [2.24, 2.45) is 0 Å². The number of urea groups is 1. The lowest BCUT2D eigenvalue weighted by Crippen LogP contribution is -2.61. The first kappa shape index (κ1) is 17.8. The van der Waals surface area contributed by atoms with Gasteiger partial charge in [-0.05, 0) is 36.8 Å². The highest BCUT2D eigenvalue weighted by atomic mass is 32.2. The number of ether oxygens (including phenoxy) is 1. The molecule has 2 aliphatic rings. The molecule has 7 nitrogen and oxygen atoms in total. The van der Waals surface area contributed by atoms with Crippen LogP contribution in [0.5, 0.6) is 5.75 Å². The van der Waals surface area contributed by atoms with E-state index in [9.17, 15) is 9.59 Å². The average molecular weight is 384 g/mol. The average Bonchev–Trinajstić information content (AvgIpc) is 3.10. The van der Waals surface area contributed by atoms with Crippen LogP contribution in [0.4, 0.5) is 4.79 Å². The molecule has 2 N–H and O–H groups in total. The molecule has 3 atom stereocenters. The molecule has 4 rings (SSSR count). The minimum atomic E-state index is -0.384. The van der Waals surface area contributed by atoms with Gasteiger partial charge in [0, 0.05) is 6.20 Å². The zero-order valence-electron chi connectivity index (χ0n) is 14.8. The maximum atomic E-state index is 13.0. The van der Waals surface area contributed by atoms with Crippen molar-refractivity contribution in [3.63, 3.8) is 0 Å². The molecule has 2 aromatic rings. The normalized spacial score (nSPS) is 24.5. The van der Waals surface area contributed by atoms with Crippen LogP contribution in [0.3, 0.4) is 0 Å². The third-order valence-corrected chi connectivity index (χ3v) is 5.75. The predicted octanol–water partition coefficient (Wildman–Crippen LogP) is 2.26. The summed E-state index contributed by atoms with van der Waals surface area (Å²) in [6.07, 6.45) is 1.71. The number of fused-ring (bicyclic) bond motifs is 1. The fraction of sp³-hybridized carbons (Fsp3) is 0.316. The summed E-state index contributed by atoms with van der Waals surface area (Å²) in [5.74, 6) is 0.534. The van der Waals surface area contributed by atoms with Crippen LogP contribution < -0.4 is 14.8 Å². The van der Waals surface area contributed by atoms with E-state index < -0.39 is 0 Å². The van der Waals surface area contributed by atoms with Gasteiger partial charge in [0.2, 0.25) is 5.91 Å². The number of carbonyl (C=O) groups is 2. The molecule has 1 aromatic carbocycles. The second-order valence-corrected chi connectivity index (χ2v) is 7.35. The smallest absolute Gasteiger partial charge is 0.324 e. The number of carbonyl (C=O) groups excluding carboxylic acids is 2. The molecule has 0 bridgehead atoms. The van der Waals surface area contributed by atoms with E-state index in [0.717, 1.165) is 17.0 Å². The van der Waals surface area contributed by atoms with E-state index in [4.69, 9.17) is 4.74 Å². The van der Waals surface area contributed by atoms with Crippen LogP contribution in [0.25, 0.3) is 0 Å². The fourth-order valence-electron chi connectivity index (χ4n) is 3.34. The van der Waals surface area contributed by atoms with Crippen LogP contribution in [0, 0.1) is 0 Å². The summed E-state index contributed by atoms with van der Waals surface area (Å²) in [7, 11) is 0. The maximum Gasteiger partial charge on any atom is 0.324 e. The van der Waals surface area contributed by atoms with Crippen molar-refractivity contribution in [3.8, 4) is 5.75 Å². The summed E-state index contributed by atoms with van der Waals surface area (Å²) in [5, 5.41) is 2.59. The zero-order chi connectivity index (χ0) is 18.8. The number of rotatable bonds is 5. The molecule has 3 amide bonds. The van der Waals surface area contributed by atoms with Gasteiger partial charge >= 0.3 is 6.03 Å². The molecule has 27 heavy (non-hydrogen) atoms. The van der Waals surface area contributed by atoms with Gasteiger partial charge in [-0.1, -0.05) is 30.1 Å². The third-order valence-electron chi connectivity index (χ3n) is 4.61. The summed E-state index contributed by atoms with van der Waals surface area (Å²) in [6.45, 7) is 2.69. The number of aromatic nitrogens is 1. The Kier molecular flexibility index (Phi) is 5.00. The molecule has 140 valence electrons. The number of amides is 3. The van der Waals surface area contributed by atoms with Crippen LogP contribution in [0.1, 0.15) is 24.2 Å². The predicted molar refractivity (Wildman–Crippen MR) is 102 cm³/mol. The molecular weight excluding hydrogens is 364 g/mol. The van der Waals surface area contributed by atoms with E-state index in [2.05, 4.69) is 15.0 Å². The van der Waals surface area contributed by atoms with E-state index in [-0.39, 0.29) is 35.8 Å². The molecule has 8 heteroatoms. The van der Waals surface area contributed by atoms with Crippen molar-refractivity contribution < 1.29 is 14.3 Å². The Morgan fingerprint density at radius 3 is 2.89 bits per heavy atom. The van der Waals surface area contributed by atoms with Gasteiger partial charge in [0.1, 0.15) is 11.0 Å². The molecule has 3 heterocycles. The summed E-state index contributed by atoms with van der Waals surface area (Å²) in [4.78, 5) is 31.2. The third kappa shape index (κ3) is 3.50. The summed E-state index contributed by atoms with van der Waals surface area (Å²) >= 11 is 1.34. The monoisotopic (exact) mass is 384 g/mol. The van der Waals surface area contributed by atoms with E-state index in [1.54, 1.807) is 6.20 Å². The van der Waals surface area contributed by atoms with Crippen molar-refractivity contribution >= 4 is 23.9 Å². The van der Waals surface area contributed by atoms with E-state index in [0.29, 0.717) is 6.61 Å². The van der Waals surface area contributed by atoms with Gasteiger partial charge in [-0.3, -0.25) is 19.4 Å².